The van der Waals surface area contributed by atoms with Gasteiger partial charge in [-0.05, 0) is 62.1 Å². The van der Waals surface area contributed by atoms with E-state index in [-0.39, 0.29) is 23.3 Å². The van der Waals surface area contributed by atoms with Crippen LogP contribution in [0, 0.1) is 13.8 Å². The maximum Gasteiger partial charge on any atom is 0.224 e. The number of aromatic hydroxyl groups is 2. The Balaban J connectivity index is 1.28. The maximum absolute atomic E-state index is 12.1. The van der Waals surface area contributed by atoms with Gasteiger partial charge in [0, 0.05) is 12.8 Å². The first-order valence-corrected chi connectivity index (χ1v) is 16.5. The third-order valence-electron chi connectivity index (χ3n) is 7.91. The molecule has 6 heteroatoms. The van der Waals surface area contributed by atoms with E-state index in [1.165, 1.54) is 89.9 Å². The number of phenols is 2. The molecule has 0 aliphatic rings. The number of unbranched alkanes of at least 4 members (excludes halogenated alkanes) is 17. The molecule has 0 aliphatic carbocycles. The van der Waals surface area contributed by atoms with Crippen molar-refractivity contribution in [1.29, 1.82) is 0 Å². The molecule has 42 heavy (non-hydrogen) atoms. The predicted octanol–water partition coefficient (Wildman–Crippen LogP) is 10.1. The molecule has 2 rings (SSSR count). The molecule has 0 aliphatic heterocycles. The standard InChI is InChI=1S/C36H56N2O4/c1-29-23-25-33(39)31(27-29)37-35(41)21-19-17-15-13-11-9-7-5-3-4-6-8-10-12-14-16-18-20-22-36(42)38-32-28-30(2)24-26-34(32)40/h23-28,39-40H,3-22H2,1-2H3,(H,37,41)(H,38,42). The van der Waals surface area contributed by atoms with Gasteiger partial charge in [0.25, 0.3) is 0 Å². The molecule has 0 unspecified atom stereocenters. The molecule has 0 heterocycles. The number of nitrogens with one attached hydrogen (secondary N) is 2. The van der Waals surface area contributed by atoms with Crippen molar-refractivity contribution in [3.8, 4) is 11.5 Å². The van der Waals surface area contributed by atoms with E-state index >= 15 is 0 Å². The average Bonchev–Trinajstić information content (AvgIpc) is 2.96. The Hall–Kier alpha value is -3.02. The van der Waals surface area contributed by atoms with Crippen LogP contribution < -0.4 is 10.6 Å². The summed E-state index contributed by atoms with van der Waals surface area (Å²) in [5, 5.41) is 25.3. The van der Waals surface area contributed by atoms with Crippen molar-refractivity contribution in [2.75, 3.05) is 10.6 Å². The Bertz CT molecular complexity index is 969. The first-order chi connectivity index (χ1) is 20.3. The van der Waals surface area contributed by atoms with Crippen LogP contribution >= 0.6 is 0 Å². The van der Waals surface area contributed by atoms with E-state index in [0.29, 0.717) is 24.2 Å². The summed E-state index contributed by atoms with van der Waals surface area (Å²) >= 11 is 0. The highest BCUT2D eigenvalue weighted by Gasteiger charge is 2.08. The molecule has 4 N–H and O–H groups in total. The zero-order valence-corrected chi connectivity index (χ0v) is 26.3. The van der Waals surface area contributed by atoms with E-state index < -0.39 is 0 Å². The minimum atomic E-state index is -0.0213. The van der Waals surface area contributed by atoms with Crippen molar-refractivity contribution in [2.45, 2.75) is 142 Å². The van der Waals surface area contributed by atoms with Gasteiger partial charge in [0.1, 0.15) is 11.5 Å². The van der Waals surface area contributed by atoms with Gasteiger partial charge in [-0.2, -0.15) is 0 Å². The molecule has 0 radical (unpaired) electrons. The monoisotopic (exact) mass is 580 g/mol. The summed E-state index contributed by atoms with van der Waals surface area (Å²) in [5.74, 6) is 0.199. The van der Waals surface area contributed by atoms with Gasteiger partial charge in [-0.1, -0.05) is 115 Å². The van der Waals surface area contributed by atoms with Crippen molar-refractivity contribution in [1.82, 2.24) is 0 Å². The third-order valence-corrected chi connectivity index (χ3v) is 7.91. The van der Waals surface area contributed by atoms with Crippen LogP contribution in [0.4, 0.5) is 11.4 Å². The second-order valence-corrected chi connectivity index (χ2v) is 12.0. The van der Waals surface area contributed by atoms with Gasteiger partial charge < -0.3 is 20.8 Å². The van der Waals surface area contributed by atoms with E-state index in [0.717, 1.165) is 36.8 Å². The van der Waals surface area contributed by atoms with Gasteiger partial charge in [-0.15, -0.1) is 0 Å². The number of aryl methyl sites for hydroxylation is 2. The first-order valence-electron chi connectivity index (χ1n) is 16.5. The highest BCUT2D eigenvalue weighted by molar-refractivity contribution is 5.92. The zero-order chi connectivity index (χ0) is 30.4. The molecule has 0 aromatic heterocycles. The smallest absolute Gasteiger partial charge is 0.224 e. The van der Waals surface area contributed by atoms with Crippen LogP contribution in [-0.2, 0) is 9.59 Å². The second kappa shape index (κ2) is 21.6. The molecule has 0 fully saturated rings. The molecule has 2 aromatic rings. The van der Waals surface area contributed by atoms with Gasteiger partial charge in [0.05, 0.1) is 11.4 Å². The zero-order valence-electron chi connectivity index (χ0n) is 26.3. The van der Waals surface area contributed by atoms with Crippen LogP contribution in [0.3, 0.4) is 0 Å². The topological polar surface area (TPSA) is 98.7 Å². The van der Waals surface area contributed by atoms with Crippen molar-refractivity contribution < 1.29 is 19.8 Å². The summed E-state index contributed by atoms with van der Waals surface area (Å²) in [6.45, 7) is 3.88. The van der Waals surface area contributed by atoms with Gasteiger partial charge in [0.15, 0.2) is 0 Å². The Morgan fingerprint density at radius 3 is 1.02 bits per heavy atom. The number of benzene rings is 2. The van der Waals surface area contributed by atoms with Crippen LogP contribution in [0.1, 0.15) is 140 Å². The Morgan fingerprint density at radius 2 is 0.738 bits per heavy atom. The van der Waals surface area contributed by atoms with Crippen LogP contribution in [0.2, 0.25) is 0 Å². The number of phenolic OH excluding ortho intramolecular Hbond substituents is 2. The van der Waals surface area contributed by atoms with Crippen molar-refractivity contribution in [3.63, 3.8) is 0 Å². The molecule has 0 atom stereocenters. The largest absolute Gasteiger partial charge is 0.506 e. The van der Waals surface area contributed by atoms with Crippen molar-refractivity contribution >= 4 is 23.2 Å². The minimum absolute atomic E-state index is 0.0213. The van der Waals surface area contributed by atoms with Gasteiger partial charge in [-0.3, -0.25) is 9.59 Å². The highest BCUT2D eigenvalue weighted by Crippen LogP contribution is 2.25. The van der Waals surface area contributed by atoms with Gasteiger partial charge >= 0.3 is 0 Å². The molecule has 0 bridgehead atoms. The number of carbonyl (C=O) groups excluding carboxylic acids is 2. The number of carbonyl (C=O) groups is 2. The lowest BCUT2D eigenvalue weighted by atomic mass is 10.0. The van der Waals surface area contributed by atoms with Crippen LogP contribution in [-0.4, -0.2) is 22.0 Å². The molecule has 234 valence electrons. The molecular formula is C36H56N2O4. The Labute approximate surface area is 254 Å². The number of rotatable bonds is 23. The Kier molecular flexibility index (Phi) is 18.1. The summed E-state index contributed by atoms with van der Waals surface area (Å²) < 4.78 is 0. The summed E-state index contributed by atoms with van der Waals surface area (Å²) in [6.07, 6.45) is 23.2. The second-order valence-electron chi connectivity index (χ2n) is 12.0. The number of hydrogen-bond acceptors (Lipinski definition) is 4. The first kappa shape index (κ1) is 35.2. The molecule has 6 nitrogen and oxygen atoms in total. The Morgan fingerprint density at radius 1 is 0.476 bits per heavy atom. The van der Waals surface area contributed by atoms with E-state index in [9.17, 15) is 19.8 Å². The van der Waals surface area contributed by atoms with Crippen LogP contribution in [0.15, 0.2) is 36.4 Å². The lowest BCUT2D eigenvalue weighted by molar-refractivity contribution is -0.117. The number of amides is 2. The number of hydrogen-bond donors (Lipinski definition) is 4. The molecule has 0 saturated carbocycles. The van der Waals surface area contributed by atoms with Crippen molar-refractivity contribution in [3.05, 3.63) is 47.5 Å². The third kappa shape index (κ3) is 16.4. The van der Waals surface area contributed by atoms with Crippen LogP contribution in [0.5, 0.6) is 11.5 Å². The summed E-state index contributed by atoms with van der Waals surface area (Å²) in [7, 11) is 0. The molecule has 0 saturated heterocycles. The molecule has 2 amide bonds. The van der Waals surface area contributed by atoms with Crippen LogP contribution in [0.25, 0.3) is 0 Å². The maximum atomic E-state index is 12.1. The average molecular weight is 581 g/mol. The number of anilines is 2. The van der Waals surface area contributed by atoms with Gasteiger partial charge in [-0.25, -0.2) is 0 Å². The highest BCUT2D eigenvalue weighted by atomic mass is 16.3. The lowest BCUT2D eigenvalue weighted by Crippen LogP contribution is -2.11. The SMILES string of the molecule is Cc1ccc(O)c(NC(=O)CCCCCCCCCCCCCCCCCCCCC(=O)Nc2cc(C)ccc2O)c1. The van der Waals surface area contributed by atoms with E-state index in [4.69, 9.17) is 0 Å². The molecule has 2 aromatic carbocycles. The van der Waals surface area contributed by atoms with E-state index in [2.05, 4.69) is 10.6 Å². The van der Waals surface area contributed by atoms with E-state index in [1.54, 1.807) is 24.3 Å². The summed E-state index contributed by atoms with van der Waals surface area (Å²) in [4.78, 5) is 24.2. The summed E-state index contributed by atoms with van der Waals surface area (Å²) in [6, 6.07) is 10.5. The van der Waals surface area contributed by atoms with Crippen molar-refractivity contribution in [2.24, 2.45) is 0 Å². The minimum Gasteiger partial charge on any atom is -0.506 e. The summed E-state index contributed by atoms with van der Waals surface area (Å²) in [5.41, 5.74) is 3.04. The lowest BCUT2D eigenvalue weighted by Gasteiger charge is -2.08. The van der Waals surface area contributed by atoms with E-state index in [1.807, 2.05) is 26.0 Å². The quantitative estimate of drug-likeness (QED) is 0.0776. The molecular weight excluding hydrogens is 524 g/mol. The fourth-order valence-electron chi connectivity index (χ4n) is 5.32. The fraction of sp³-hybridized carbons (Fsp3) is 0.611. The van der Waals surface area contributed by atoms with Gasteiger partial charge in [0.2, 0.25) is 11.8 Å². The normalized spacial score (nSPS) is 11.0. The molecule has 0 spiro atoms. The predicted molar refractivity (Wildman–Crippen MR) is 175 cm³/mol. The fourth-order valence-corrected chi connectivity index (χ4v) is 5.32.